The molecule has 2 heterocycles. The fraction of sp³-hybridized carbons (Fsp3) is 0.545. The number of rotatable bonds is 5. The number of anilines is 1. The lowest BCUT2D eigenvalue weighted by Crippen LogP contribution is -2.41. The van der Waals surface area contributed by atoms with Crippen LogP contribution in [0.1, 0.15) is 18.5 Å². The van der Waals surface area contributed by atoms with Crippen LogP contribution in [0.4, 0.5) is 5.13 Å². The maximum absolute atomic E-state index is 12.1. The Morgan fingerprint density at radius 1 is 1.57 bits per heavy atom. The molecule has 0 radical (unpaired) electrons. The monoisotopic (exact) mass is 333 g/mol. The molecule has 116 valence electrons. The number of aromatic nitrogens is 1. The fourth-order valence-corrected chi connectivity index (χ4v) is 3.74. The minimum atomic E-state index is -3.40. The van der Waals surface area contributed by atoms with Gasteiger partial charge in [-0.3, -0.25) is 9.52 Å². The summed E-state index contributed by atoms with van der Waals surface area (Å²) in [4.78, 5) is 28.5. The van der Waals surface area contributed by atoms with Gasteiger partial charge in [-0.15, -0.1) is 11.3 Å². The topological polar surface area (TPSA) is 117 Å². The second-order valence-electron chi connectivity index (χ2n) is 4.78. The Kier molecular flexibility index (Phi) is 4.47. The average molecular weight is 333 g/mol. The van der Waals surface area contributed by atoms with Crippen LogP contribution in [0, 0.1) is 0 Å². The van der Waals surface area contributed by atoms with Crippen LogP contribution in [0.25, 0.3) is 0 Å². The molecular formula is C11H15N3O5S2. The second kappa shape index (κ2) is 5.98. The minimum Gasteiger partial charge on any atom is -0.480 e. The standard InChI is InChI=1S/C11H15N3O5S2/c1-21(18,19)13-11-12-7(6-20-11)5-9(15)14-4-2-3-8(14)10(16)17/h6,8H,2-5H2,1H3,(H,12,13)(H,16,17). The Labute approximate surface area is 125 Å². The molecule has 2 N–H and O–H groups in total. The molecule has 8 nitrogen and oxygen atoms in total. The molecule has 1 unspecified atom stereocenters. The Balaban J connectivity index is 2.01. The number of sulfonamides is 1. The van der Waals surface area contributed by atoms with Crippen LogP contribution in [0.15, 0.2) is 5.38 Å². The number of carboxylic acid groups (broad SMARTS) is 1. The molecule has 0 saturated carbocycles. The number of hydrogen-bond donors (Lipinski definition) is 2. The zero-order valence-corrected chi connectivity index (χ0v) is 12.9. The number of carbonyl (C=O) groups is 2. The third-order valence-corrected chi connectivity index (χ3v) is 4.51. The molecule has 1 saturated heterocycles. The maximum Gasteiger partial charge on any atom is 0.326 e. The van der Waals surface area contributed by atoms with E-state index in [4.69, 9.17) is 5.11 Å². The molecule has 21 heavy (non-hydrogen) atoms. The van der Waals surface area contributed by atoms with Gasteiger partial charge in [0, 0.05) is 11.9 Å². The smallest absolute Gasteiger partial charge is 0.326 e. The lowest BCUT2D eigenvalue weighted by molar-refractivity contribution is -0.148. The van der Waals surface area contributed by atoms with E-state index in [1.165, 1.54) is 4.90 Å². The number of nitrogens with zero attached hydrogens (tertiary/aromatic N) is 2. The van der Waals surface area contributed by atoms with Gasteiger partial charge in [-0.05, 0) is 12.8 Å². The number of carboxylic acids is 1. The summed E-state index contributed by atoms with van der Waals surface area (Å²) in [6, 6.07) is -0.773. The Bertz CT molecular complexity index is 655. The predicted molar refractivity (Wildman–Crippen MR) is 76.7 cm³/mol. The van der Waals surface area contributed by atoms with Crippen LogP contribution in [-0.4, -0.2) is 54.1 Å². The number of hydrogen-bond acceptors (Lipinski definition) is 6. The van der Waals surface area contributed by atoms with Crippen molar-refractivity contribution in [3.8, 4) is 0 Å². The van der Waals surface area contributed by atoms with Crippen molar-refractivity contribution in [2.75, 3.05) is 17.5 Å². The van der Waals surface area contributed by atoms with Crippen LogP contribution in [-0.2, 0) is 26.0 Å². The van der Waals surface area contributed by atoms with Crippen LogP contribution < -0.4 is 4.72 Å². The number of carbonyl (C=O) groups excluding carboxylic acids is 1. The van der Waals surface area contributed by atoms with E-state index in [1.54, 1.807) is 5.38 Å². The van der Waals surface area contributed by atoms with Crippen molar-refractivity contribution in [1.82, 2.24) is 9.88 Å². The van der Waals surface area contributed by atoms with E-state index in [9.17, 15) is 18.0 Å². The van der Waals surface area contributed by atoms with Gasteiger partial charge in [-0.2, -0.15) is 0 Å². The Morgan fingerprint density at radius 2 is 2.29 bits per heavy atom. The zero-order chi connectivity index (χ0) is 15.6. The van der Waals surface area contributed by atoms with E-state index >= 15 is 0 Å². The number of thiazole rings is 1. The zero-order valence-electron chi connectivity index (χ0n) is 11.3. The van der Waals surface area contributed by atoms with Gasteiger partial charge in [-0.1, -0.05) is 0 Å². The first-order valence-corrected chi connectivity index (χ1v) is 8.98. The summed E-state index contributed by atoms with van der Waals surface area (Å²) in [6.07, 6.45) is 2.10. The van der Waals surface area contributed by atoms with Gasteiger partial charge in [0.1, 0.15) is 6.04 Å². The van der Waals surface area contributed by atoms with E-state index in [0.29, 0.717) is 25.1 Å². The van der Waals surface area contributed by atoms with Gasteiger partial charge >= 0.3 is 5.97 Å². The van der Waals surface area contributed by atoms with Gasteiger partial charge in [0.15, 0.2) is 5.13 Å². The van der Waals surface area contributed by atoms with E-state index < -0.39 is 22.0 Å². The second-order valence-corrected chi connectivity index (χ2v) is 7.38. The molecule has 10 heteroatoms. The summed E-state index contributed by atoms with van der Waals surface area (Å²) in [7, 11) is -3.40. The van der Waals surface area contributed by atoms with Crippen molar-refractivity contribution < 1.29 is 23.1 Å². The van der Waals surface area contributed by atoms with E-state index in [2.05, 4.69) is 9.71 Å². The van der Waals surface area contributed by atoms with Crippen molar-refractivity contribution >= 4 is 38.4 Å². The van der Waals surface area contributed by atoms with Crippen molar-refractivity contribution in [3.05, 3.63) is 11.1 Å². The highest BCUT2D eigenvalue weighted by atomic mass is 32.2. The third-order valence-electron chi connectivity index (χ3n) is 3.02. The SMILES string of the molecule is CS(=O)(=O)Nc1nc(CC(=O)N2CCCC2C(=O)O)cs1. The van der Waals surface area contributed by atoms with Crippen LogP contribution in [0.5, 0.6) is 0 Å². The number of likely N-dealkylation sites (tertiary alicyclic amines) is 1. The van der Waals surface area contributed by atoms with Crippen LogP contribution >= 0.6 is 11.3 Å². The first kappa shape index (κ1) is 15.7. The van der Waals surface area contributed by atoms with Crippen LogP contribution in [0.3, 0.4) is 0 Å². The van der Waals surface area contributed by atoms with Gasteiger partial charge in [-0.25, -0.2) is 18.2 Å². The normalized spacial score (nSPS) is 18.7. The van der Waals surface area contributed by atoms with Gasteiger partial charge in [0.25, 0.3) is 0 Å². The summed E-state index contributed by atoms with van der Waals surface area (Å²) >= 11 is 1.08. The molecule has 1 aromatic heterocycles. The van der Waals surface area contributed by atoms with Gasteiger partial charge in [0.2, 0.25) is 15.9 Å². The predicted octanol–water partition coefficient (Wildman–Crippen LogP) is 0.133. The van der Waals surface area contributed by atoms with Crippen molar-refractivity contribution in [2.45, 2.75) is 25.3 Å². The Hall–Kier alpha value is -1.68. The number of nitrogens with one attached hydrogen (secondary N) is 1. The molecule has 1 aliphatic rings. The van der Waals surface area contributed by atoms with Crippen LogP contribution in [0.2, 0.25) is 0 Å². The third kappa shape index (κ3) is 4.14. The average Bonchev–Trinajstić information content (AvgIpc) is 2.95. The number of aliphatic carboxylic acids is 1. The molecular weight excluding hydrogens is 318 g/mol. The summed E-state index contributed by atoms with van der Waals surface area (Å²) in [6.45, 7) is 0.425. The highest BCUT2D eigenvalue weighted by Crippen LogP contribution is 2.21. The largest absolute Gasteiger partial charge is 0.480 e. The first-order chi connectivity index (χ1) is 9.76. The summed E-state index contributed by atoms with van der Waals surface area (Å²) in [5, 5.41) is 10.8. The first-order valence-electron chi connectivity index (χ1n) is 6.21. The molecule has 2 rings (SSSR count). The maximum atomic E-state index is 12.1. The van der Waals surface area contributed by atoms with Gasteiger partial charge < -0.3 is 10.0 Å². The lowest BCUT2D eigenvalue weighted by Gasteiger charge is -2.20. The summed E-state index contributed by atoms with van der Waals surface area (Å²) in [5.74, 6) is -1.31. The lowest BCUT2D eigenvalue weighted by atomic mass is 10.2. The molecule has 1 atom stereocenters. The van der Waals surface area contributed by atoms with Crippen molar-refractivity contribution in [1.29, 1.82) is 0 Å². The highest BCUT2D eigenvalue weighted by molar-refractivity contribution is 7.92. The summed E-state index contributed by atoms with van der Waals surface area (Å²) < 4.78 is 24.4. The highest BCUT2D eigenvalue weighted by Gasteiger charge is 2.33. The molecule has 0 bridgehead atoms. The van der Waals surface area contributed by atoms with E-state index in [0.717, 1.165) is 17.6 Å². The molecule has 0 spiro atoms. The fourth-order valence-electron chi connectivity index (χ4n) is 2.17. The van der Waals surface area contributed by atoms with Crippen molar-refractivity contribution in [2.24, 2.45) is 0 Å². The molecule has 1 amide bonds. The number of amides is 1. The molecule has 1 aliphatic heterocycles. The Morgan fingerprint density at radius 3 is 2.90 bits per heavy atom. The molecule has 0 aliphatic carbocycles. The van der Waals surface area contributed by atoms with Crippen molar-refractivity contribution in [3.63, 3.8) is 0 Å². The van der Waals surface area contributed by atoms with E-state index in [-0.39, 0.29) is 17.5 Å². The molecule has 0 aromatic carbocycles. The molecule has 1 fully saturated rings. The quantitative estimate of drug-likeness (QED) is 0.791. The van der Waals surface area contributed by atoms with Gasteiger partial charge in [0.05, 0.1) is 18.4 Å². The minimum absolute atomic E-state index is 0.0360. The van der Waals surface area contributed by atoms with E-state index in [1.807, 2.05) is 0 Å². The molecule has 1 aromatic rings. The summed E-state index contributed by atoms with van der Waals surface area (Å²) in [5.41, 5.74) is 0.423.